The molecule has 124 valence electrons. The standard InChI is InChI=1S/C21H16ClNO2/c22-16-11-13-20(24)15(14-16)10-12-19(18-8-4-5-9-21(18)25)23-17-6-2-1-3-7-17/h1-14,24-25H. The molecule has 3 nitrogen and oxygen atoms in total. The van der Waals surface area contributed by atoms with E-state index in [1.54, 1.807) is 42.5 Å². The van der Waals surface area contributed by atoms with Crippen molar-refractivity contribution in [1.82, 2.24) is 0 Å². The molecule has 0 amide bonds. The van der Waals surface area contributed by atoms with Crippen LogP contribution in [0.5, 0.6) is 11.5 Å². The first-order chi connectivity index (χ1) is 12.1. The predicted molar refractivity (Wildman–Crippen MR) is 103 cm³/mol. The second kappa shape index (κ2) is 7.69. The van der Waals surface area contributed by atoms with Gasteiger partial charge >= 0.3 is 0 Å². The van der Waals surface area contributed by atoms with Crippen LogP contribution < -0.4 is 0 Å². The summed E-state index contributed by atoms with van der Waals surface area (Å²) in [5, 5.41) is 20.7. The lowest BCUT2D eigenvalue weighted by molar-refractivity contribution is 0.474. The minimum absolute atomic E-state index is 0.122. The van der Waals surface area contributed by atoms with Crippen molar-refractivity contribution in [2.75, 3.05) is 0 Å². The van der Waals surface area contributed by atoms with Crippen LogP contribution in [0, 0.1) is 0 Å². The number of phenols is 2. The quantitative estimate of drug-likeness (QED) is 0.603. The van der Waals surface area contributed by atoms with Gasteiger partial charge in [0, 0.05) is 16.1 Å². The van der Waals surface area contributed by atoms with Crippen LogP contribution in [0.4, 0.5) is 5.69 Å². The number of allylic oxidation sites excluding steroid dienone is 1. The highest BCUT2D eigenvalue weighted by molar-refractivity contribution is 6.30. The fourth-order valence-corrected chi connectivity index (χ4v) is 2.53. The van der Waals surface area contributed by atoms with Gasteiger partial charge in [-0.15, -0.1) is 0 Å². The minimum Gasteiger partial charge on any atom is -0.507 e. The molecule has 4 heteroatoms. The monoisotopic (exact) mass is 349 g/mol. The highest BCUT2D eigenvalue weighted by Gasteiger charge is 2.07. The smallest absolute Gasteiger partial charge is 0.124 e. The van der Waals surface area contributed by atoms with Crippen molar-refractivity contribution in [3.8, 4) is 11.5 Å². The Morgan fingerprint density at radius 2 is 1.56 bits per heavy atom. The first kappa shape index (κ1) is 16.8. The van der Waals surface area contributed by atoms with Crippen molar-refractivity contribution in [2.24, 2.45) is 4.99 Å². The Morgan fingerprint density at radius 1 is 0.840 bits per heavy atom. The maximum absolute atomic E-state index is 10.2. The number of hydrogen-bond donors (Lipinski definition) is 2. The maximum atomic E-state index is 10.2. The molecular weight excluding hydrogens is 334 g/mol. The fraction of sp³-hybridized carbons (Fsp3) is 0. The molecule has 0 aliphatic heterocycles. The van der Waals surface area contributed by atoms with Gasteiger partial charge in [-0.05, 0) is 54.6 Å². The largest absolute Gasteiger partial charge is 0.507 e. The third-order valence-electron chi connectivity index (χ3n) is 3.60. The molecule has 0 aliphatic rings. The van der Waals surface area contributed by atoms with E-state index in [0.717, 1.165) is 5.69 Å². The van der Waals surface area contributed by atoms with E-state index in [-0.39, 0.29) is 11.5 Å². The zero-order chi connectivity index (χ0) is 17.6. The van der Waals surface area contributed by atoms with E-state index in [4.69, 9.17) is 11.6 Å². The normalized spacial score (nSPS) is 11.8. The Labute approximate surface area is 151 Å². The third-order valence-corrected chi connectivity index (χ3v) is 3.83. The molecule has 0 fully saturated rings. The van der Waals surface area contributed by atoms with Gasteiger partial charge in [0.2, 0.25) is 0 Å². The summed E-state index contributed by atoms with van der Waals surface area (Å²) in [6, 6.07) is 21.3. The molecule has 0 atom stereocenters. The first-order valence-electron chi connectivity index (χ1n) is 7.72. The van der Waals surface area contributed by atoms with Gasteiger partial charge in [0.1, 0.15) is 11.5 Å². The highest BCUT2D eigenvalue weighted by atomic mass is 35.5. The van der Waals surface area contributed by atoms with Crippen LogP contribution in [0.1, 0.15) is 11.1 Å². The number of aromatic hydroxyl groups is 2. The van der Waals surface area contributed by atoms with Crippen molar-refractivity contribution in [3.05, 3.63) is 95.0 Å². The zero-order valence-corrected chi connectivity index (χ0v) is 14.1. The van der Waals surface area contributed by atoms with Crippen LogP contribution in [0.3, 0.4) is 0 Å². The summed E-state index contributed by atoms with van der Waals surface area (Å²) in [4.78, 5) is 4.61. The highest BCUT2D eigenvalue weighted by Crippen LogP contribution is 2.25. The van der Waals surface area contributed by atoms with Crippen LogP contribution in [0.2, 0.25) is 5.02 Å². The number of hydrogen-bond acceptors (Lipinski definition) is 3. The Hall–Kier alpha value is -3.04. The maximum Gasteiger partial charge on any atom is 0.124 e. The molecule has 0 aliphatic carbocycles. The van der Waals surface area contributed by atoms with E-state index in [1.165, 1.54) is 6.07 Å². The summed E-state index contributed by atoms with van der Waals surface area (Å²) in [6.45, 7) is 0. The molecule has 0 bridgehead atoms. The van der Waals surface area contributed by atoms with Crippen LogP contribution in [0.15, 0.2) is 83.9 Å². The summed E-state index contributed by atoms with van der Waals surface area (Å²) in [5.74, 6) is 0.258. The van der Waals surface area contributed by atoms with Gasteiger partial charge in [0.15, 0.2) is 0 Å². The molecule has 3 aromatic carbocycles. The molecule has 2 N–H and O–H groups in total. The van der Waals surface area contributed by atoms with E-state index in [0.29, 0.717) is 21.9 Å². The minimum atomic E-state index is 0.122. The second-order valence-corrected chi connectivity index (χ2v) is 5.82. The van der Waals surface area contributed by atoms with Crippen LogP contribution in [0.25, 0.3) is 6.08 Å². The van der Waals surface area contributed by atoms with Crippen LogP contribution >= 0.6 is 11.6 Å². The molecule has 25 heavy (non-hydrogen) atoms. The lowest BCUT2D eigenvalue weighted by Crippen LogP contribution is -1.97. The summed E-state index contributed by atoms with van der Waals surface area (Å²) < 4.78 is 0. The van der Waals surface area contributed by atoms with Crippen molar-refractivity contribution in [2.45, 2.75) is 0 Å². The number of nitrogens with zero attached hydrogens (tertiary/aromatic N) is 1. The average Bonchev–Trinajstić information content (AvgIpc) is 2.63. The van der Waals surface area contributed by atoms with Crippen molar-refractivity contribution >= 4 is 29.1 Å². The lowest BCUT2D eigenvalue weighted by Gasteiger charge is -2.06. The molecule has 0 spiro atoms. The fourth-order valence-electron chi connectivity index (χ4n) is 2.35. The Morgan fingerprint density at radius 3 is 2.32 bits per heavy atom. The topological polar surface area (TPSA) is 52.8 Å². The summed E-state index contributed by atoms with van der Waals surface area (Å²) >= 11 is 5.99. The molecule has 0 radical (unpaired) electrons. The van der Waals surface area contributed by atoms with Crippen molar-refractivity contribution in [3.63, 3.8) is 0 Å². The van der Waals surface area contributed by atoms with Crippen molar-refractivity contribution < 1.29 is 10.2 Å². The van der Waals surface area contributed by atoms with Crippen LogP contribution in [-0.4, -0.2) is 15.9 Å². The van der Waals surface area contributed by atoms with Crippen LogP contribution in [-0.2, 0) is 0 Å². The van der Waals surface area contributed by atoms with E-state index >= 15 is 0 Å². The molecule has 3 rings (SSSR count). The molecule has 0 aromatic heterocycles. The van der Waals surface area contributed by atoms with E-state index < -0.39 is 0 Å². The van der Waals surface area contributed by atoms with Gasteiger partial charge in [-0.25, -0.2) is 4.99 Å². The molecule has 0 saturated heterocycles. The molecule has 3 aromatic rings. The van der Waals surface area contributed by atoms with Crippen molar-refractivity contribution in [1.29, 1.82) is 0 Å². The number of aliphatic imine (C=N–C) groups is 1. The zero-order valence-electron chi connectivity index (χ0n) is 13.3. The lowest BCUT2D eigenvalue weighted by atomic mass is 10.1. The third kappa shape index (κ3) is 4.28. The summed E-state index contributed by atoms with van der Waals surface area (Å²) in [7, 11) is 0. The van der Waals surface area contributed by atoms with E-state index in [1.807, 2.05) is 36.4 Å². The van der Waals surface area contributed by atoms with Gasteiger partial charge in [-0.1, -0.05) is 41.9 Å². The summed E-state index contributed by atoms with van der Waals surface area (Å²) in [5.41, 5.74) is 2.51. The SMILES string of the molecule is Oc1ccc(Cl)cc1C=CC(=Nc1ccccc1)c1ccccc1O. The predicted octanol–water partition coefficient (Wildman–Crippen LogP) is 5.59. The Kier molecular flexibility index (Phi) is 5.17. The number of phenolic OH excluding ortho intramolecular Hbond substituents is 2. The molecular formula is C21H16ClNO2. The molecule has 0 unspecified atom stereocenters. The molecule has 0 saturated carbocycles. The van der Waals surface area contributed by atoms with Gasteiger partial charge in [-0.2, -0.15) is 0 Å². The number of benzene rings is 3. The Bertz CT molecular complexity index is 934. The van der Waals surface area contributed by atoms with E-state index in [2.05, 4.69) is 4.99 Å². The number of para-hydroxylation sites is 2. The molecule has 0 heterocycles. The van der Waals surface area contributed by atoms with Gasteiger partial charge in [-0.3, -0.25) is 0 Å². The number of rotatable bonds is 4. The first-order valence-corrected chi connectivity index (χ1v) is 8.10. The van der Waals surface area contributed by atoms with Gasteiger partial charge in [0.25, 0.3) is 0 Å². The average molecular weight is 350 g/mol. The second-order valence-electron chi connectivity index (χ2n) is 5.39. The van der Waals surface area contributed by atoms with Gasteiger partial charge < -0.3 is 10.2 Å². The van der Waals surface area contributed by atoms with E-state index in [9.17, 15) is 10.2 Å². The summed E-state index contributed by atoms with van der Waals surface area (Å²) in [6.07, 6.45) is 3.46. The van der Waals surface area contributed by atoms with Gasteiger partial charge in [0.05, 0.1) is 11.4 Å². The number of halogens is 1. The Balaban J connectivity index is 2.06.